The highest BCUT2D eigenvalue weighted by molar-refractivity contribution is 5.39. The van der Waals surface area contributed by atoms with Gasteiger partial charge in [0.2, 0.25) is 0 Å². The highest BCUT2D eigenvalue weighted by atomic mass is 16.5. The second-order valence-electron chi connectivity index (χ2n) is 5.48. The molecule has 0 bridgehead atoms. The minimum atomic E-state index is 0.399. The summed E-state index contributed by atoms with van der Waals surface area (Å²) in [7, 11) is 0. The largest absolute Gasteiger partial charge is 0.491 e. The van der Waals surface area contributed by atoms with E-state index >= 15 is 0 Å². The molecule has 1 aromatic rings. The van der Waals surface area contributed by atoms with E-state index in [1.807, 2.05) is 6.07 Å². The van der Waals surface area contributed by atoms with E-state index in [4.69, 9.17) is 4.74 Å². The zero-order valence-corrected chi connectivity index (χ0v) is 12.2. The predicted octanol–water partition coefficient (Wildman–Crippen LogP) is 4.46. The van der Waals surface area contributed by atoms with E-state index < -0.39 is 0 Å². The minimum Gasteiger partial charge on any atom is -0.491 e. The summed E-state index contributed by atoms with van der Waals surface area (Å²) in [6, 6.07) is 8.76. The van der Waals surface area contributed by atoms with Crippen LogP contribution in [0.3, 0.4) is 0 Å². The first kappa shape index (κ1) is 14.4. The van der Waals surface area contributed by atoms with Crippen LogP contribution in [-0.4, -0.2) is 13.2 Å². The third kappa shape index (κ3) is 4.54. The van der Waals surface area contributed by atoms with Gasteiger partial charge in [0, 0.05) is 5.56 Å². The molecular formula is C17H27NO. The van der Waals surface area contributed by atoms with Crippen LogP contribution in [0.15, 0.2) is 24.3 Å². The first-order valence-corrected chi connectivity index (χ1v) is 7.87. The van der Waals surface area contributed by atoms with E-state index in [0.29, 0.717) is 6.04 Å². The van der Waals surface area contributed by atoms with Crippen molar-refractivity contribution in [3.8, 4) is 5.75 Å². The van der Waals surface area contributed by atoms with Gasteiger partial charge in [0.25, 0.3) is 0 Å². The van der Waals surface area contributed by atoms with Gasteiger partial charge in [0.15, 0.2) is 0 Å². The number of nitrogens with one attached hydrogen (secondary N) is 1. The van der Waals surface area contributed by atoms with Gasteiger partial charge in [-0.2, -0.15) is 0 Å². The number of hydrogen-bond acceptors (Lipinski definition) is 2. The summed E-state index contributed by atoms with van der Waals surface area (Å²) in [5.74, 6) is 1.06. The molecule has 1 aliphatic heterocycles. The summed E-state index contributed by atoms with van der Waals surface area (Å²) in [6.07, 6.45) is 9.57. The molecule has 0 radical (unpaired) electrons. The van der Waals surface area contributed by atoms with E-state index in [1.165, 1.54) is 50.5 Å². The summed E-state index contributed by atoms with van der Waals surface area (Å²) < 4.78 is 5.67. The first-order valence-electron chi connectivity index (χ1n) is 7.87. The van der Waals surface area contributed by atoms with Crippen LogP contribution in [0.5, 0.6) is 5.75 Å². The van der Waals surface area contributed by atoms with E-state index in [1.54, 1.807) is 0 Å². The van der Waals surface area contributed by atoms with Crippen LogP contribution in [0.2, 0.25) is 0 Å². The number of ether oxygens (including phenoxy) is 1. The van der Waals surface area contributed by atoms with E-state index in [-0.39, 0.29) is 0 Å². The molecule has 106 valence electrons. The molecule has 1 unspecified atom stereocenters. The molecular weight excluding hydrogens is 234 g/mol. The van der Waals surface area contributed by atoms with Crippen LogP contribution < -0.4 is 10.1 Å². The number of unbranched alkanes of at least 4 members (excludes halogenated alkanes) is 6. The fourth-order valence-electron chi connectivity index (χ4n) is 2.69. The van der Waals surface area contributed by atoms with E-state index in [2.05, 4.69) is 30.4 Å². The molecule has 1 atom stereocenters. The van der Waals surface area contributed by atoms with Gasteiger partial charge in [-0.05, 0) is 19.0 Å². The Morgan fingerprint density at radius 1 is 1.05 bits per heavy atom. The molecule has 19 heavy (non-hydrogen) atoms. The van der Waals surface area contributed by atoms with Crippen molar-refractivity contribution in [1.29, 1.82) is 0 Å². The lowest BCUT2D eigenvalue weighted by Gasteiger charge is -2.11. The number of fused-ring (bicyclic) bond motifs is 1. The van der Waals surface area contributed by atoms with E-state index in [0.717, 1.165) is 18.9 Å². The topological polar surface area (TPSA) is 21.3 Å². The van der Waals surface area contributed by atoms with Crippen LogP contribution in [0, 0.1) is 0 Å². The normalized spacial score (nSPS) is 17.2. The van der Waals surface area contributed by atoms with Crippen LogP contribution >= 0.6 is 0 Å². The zero-order chi connectivity index (χ0) is 13.3. The fourth-order valence-corrected chi connectivity index (χ4v) is 2.69. The zero-order valence-electron chi connectivity index (χ0n) is 12.2. The van der Waals surface area contributed by atoms with Crippen LogP contribution in [0.1, 0.15) is 63.5 Å². The molecule has 2 nitrogen and oxygen atoms in total. The van der Waals surface area contributed by atoms with Crippen LogP contribution in [-0.2, 0) is 0 Å². The maximum absolute atomic E-state index is 5.67. The Kier molecular flexibility index (Phi) is 6.22. The van der Waals surface area contributed by atoms with Gasteiger partial charge < -0.3 is 10.1 Å². The van der Waals surface area contributed by atoms with Gasteiger partial charge in [0.1, 0.15) is 12.4 Å². The average molecular weight is 261 g/mol. The van der Waals surface area contributed by atoms with E-state index in [9.17, 15) is 0 Å². The van der Waals surface area contributed by atoms with Crippen molar-refractivity contribution in [2.24, 2.45) is 0 Å². The highest BCUT2D eigenvalue weighted by Gasteiger charge is 2.22. The number of benzene rings is 1. The lowest BCUT2D eigenvalue weighted by molar-refractivity contribution is 0.310. The monoisotopic (exact) mass is 261 g/mol. The molecule has 0 aromatic heterocycles. The average Bonchev–Trinajstić information content (AvgIpc) is 2.85. The molecule has 0 spiro atoms. The number of rotatable bonds is 9. The summed E-state index contributed by atoms with van der Waals surface area (Å²) in [5.41, 5.74) is 1.32. The SMILES string of the molecule is CCCCCCCCCNC1COc2ccccc21. The van der Waals surface area contributed by atoms with Crippen molar-refractivity contribution in [2.75, 3.05) is 13.2 Å². The Labute approximate surface area is 117 Å². The number of hydrogen-bond donors (Lipinski definition) is 1. The summed E-state index contributed by atoms with van der Waals surface area (Å²) in [4.78, 5) is 0. The van der Waals surface area contributed by atoms with Crippen molar-refractivity contribution < 1.29 is 4.74 Å². The third-order valence-corrected chi connectivity index (χ3v) is 3.87. The minimum absolute atomic E-state index is 0.399. The molecule has 0 amide bonds. The second kappa shape index (κ2) is 8.21. The Bertz CT molecular complexity index is 364. The van der Waals surface area contributed by atoms with Gasteiger partial charge in [-0.25, -0.2) is 0 Å². The van der Waals surface area contributed by atoms with Crippen molar-refractivity contribution in [3.63, 3.8) is 0 Å². The smallest absolute Gasteiger partial charge is 0.124 e. The van der Waals surface area contributed by atoms with Gasteiger partial charge in [-0.3, -0.25) is 0 Å². The molecule has 2 heteroatoms. The Balaban J connectivity index is 1.55. The molecule has 1 heterocycles. The molecule has 0 saturated heterocycles. The quantitative estimate of drug-likeness (QED) is 0.663. The lowest BCUT2D eigenvalue weighted by atomic mass is 10.1. The van der Waals surface area contributed by atoms with Crippen molar-refractivity contribution in [1.82, 2.24) is 5.32 Å². The Morgan fingerprint density at radius 3 is 2.63 bits per heavy atom. The van der Waals surface area contributed by atoms with Gasteiger partial charge in [-0.1, -0.05) is 63.6 Å². The summed E-state index contributed by atoms with van der Waals surface area (Å²) in [6.45, 7) is 4.16. The van der Waals surface area contributed by atoms with Crippen molar-refractivity contribution in [2.45, 2.75) is 57.9 Å². The molecule has 0 aliphatic carbocycles. The van der Waals surface area contributed by atoms with Gasteiger partial charge in [-0.15, -0.1) is 0 Å². The Morgan fingerprint density at radius 2 is 1.79 bits per heavy atom. The molecule has 1 N–H and O–H groups in total. The number of para-hydroxylation sites is 1. The standard InChI is InChI=1S/C17H27NO/c1-2-3-4-5-6-7-10-13-18-16-14-19-17-12-9-8-11-15(16)17/h8-9,11-12,16,18H,2-7,10,13-14H2,1H3. The third-order valence-electron chi connectivity index (χ3n) is 3.87. The van der Waals surface area contributed by atoms with Crippen molar-refractivity contribution in [3.05, 3.63) is 29.8 Å². The first-order chi connectivity index (χ1) is 9.42. The maximum atomic E-state index is 5.67. The molecule has 1 aromatic carbocycles. The molecule has 1 aliphatic rings. The van der Waals surface area contributed by atoms with Crippen LogP contribution in [0.25, 0.3) is 0 Å². The predicted molar refractivity (Wildman–Crippen MR) is 80.7 cm³/mol. The Hall–Kier alpha value is -1.02. The van der Waals surface area contributed by atoms with Crippen molar-refractivity contribution >= 4 is 0 Å². The lowest BCUT2D eigenvalue weighted by Crippen LogP contribution is -2.23. The van der Waals surface area contributed by atoms with Crippen LogP contribution in [0.4, 0.5) is 0 Å². The summed E-state index contributed by atoms with van der Waals surface area (Å²) in [5, 5.41) is 3.61. The van der Waals surface area contributed by atoms with Gasteiger partial charge >= 0.3 is 0 Å². The second-order valence-corrected chi connectivity index (χ2v) is 5.48. The molecule has 2 rings (SSSR count). The maximum Gasteiger partial charge on any atom is 0.124 e. The fraction of sp³-hybridized carbons (Fsp3) is 0.647. The summed E-state index contributed by atoms with van der Waals surface area (Å²) >= 11 is 0. The molecule has 0 saturated carbocycles. The van der Waals surface area contributed by atoms with Gasteiger partial charge in [0.05, 0.1) is 6.04 Å². The highest BCUT2D eigenvalue weighted by Crippen LogP contribution is 2.31. The molecule has 0 fully saturated rings.